The number of rotatable bonds is 9. The lowest BCUT2D eigenvalue weighted by Crippen LogP contribution is -2.15. The Labute approximate surface area is 118 Å². The molecule has 0 spiro atoms. The molecule has 0 atom stereocenters. The lowest BCUT2D eigenvalue weighted by molar-refractivity contribution is 0.0784. The summed E-state index contributed by atoms with van der Waals surface area (Å²) in [5, 5.41) is 4.24. The van der Waals surface area contributed by atoms with Crippen molar-refractivity contribution in [3.05, 3.63) is 11.3 Å². The second-order valence-corrected chi connectivity index (χ2v) is 4.50. The van der Waals surface area contributed by atoms with E-state index in [1.165, 1.54) is 0 Å². The normalized spacial score (nSPS) is 10.7. The van der Waals surface area contributed by atoms with E-state index in [0.29, 0.717) is 42.9 Å². The van der Waals surface area contributed by atoms with E-state index < -0.39 is 0 Å². The van der Waals surface area contributed by atoms with Crippen LogP contribution in [0.25, 0.3) is 0 Å². The number of hydrogen-bond donors (Lipinski definition) is 1. The van der Waals surface area contributed by atoms with Crippen LogP contribution in [0.5, 0.6) is 5.88 Å². The van der Waals surface area contributed by atoms with Gasteiger partial charge in [-0.1, -0.05) is 12.2 Å². The van der Waals surface area contributed by atoms with Crippen LogP contribution >= 0.6 is 12.2 Å². The van der Waals surface area contributed by atoms with E-state index in [-0.39, 0.29) is 0 Å². The van der Waals surface area contributed by atoms with E-state index in [0.717, 1.165) is 12.1 Å². The Hall–Kier alpha value is -1.18. The molecule has 1 rings (SSSR count). The SMILES string of the molecule is COCCCOCCOc1c(C(N)=S)c(C)nn1C. The molecule has 0 aliphatic carbocycles. The van der Waals surface area contributed by atoms with Crippen LogP contribution < -0.4 is 10.5 Å². The van der Waals surface area contributed by atoms with Crippen molar-refractivity contribution in [2.24, 2.45) is 12.8 Å². The van der Waals surface area contributed by atoms with Crippen LogP contribution in [0.2, 0.25) is 0 Å². The highest BCUT2D eigenvalue weighted by Crippen LogP contribution is 2.20. The van der Waals surface area contributed by atoms with Crippen LogP contribution in [-0.4, -0.2) is 48.3 Å². The molecule has 0 bridgehead atoms. The maximum Gasteiger partial charge on any atom is 0.222 e. The van der Waals surface area contributed by atoms with Crippen molar-refractivity contribution >= 4 is 17.2 Å². The topological polar surface area (TPSA) is 71.5 Å². The van der Waals surface area contributed by atoms with Gasteiger partial charge in [-0.25, -0.2) is 4.68 Å². The monoisotopic (exact) mass is 287 g/mol. The van der Waals surface area contributed by atoms with Crippen molar-refractivity contribution in [3.8, 4) is 5.88 Å². The predicted molar refractivity (Wildman–Crippen MR) is 76.6 cm³/mol. The highest BCUT2D eigenvalue weighted by molar-refractivity contribution is 7.80. The van der Waals surface area contributed by atoms with E-state index >= 15 is 0 Å². The summed E-state index contributed by atoms with van der Waals surface area (Å²) in [6, 6.07) is 0. The summed E-state index contributed by atoms with van der Waals surface area (Å²) in [6.07, 6.45) is 0.874. The van der Waals surface area contributed by atoms with Gasteiger partial charge in [-0.05, 0) is 13.3 Å². The Kier molecular flexibility index (Phi) is 6.75. The Morgan fingerprint density at radius 2 is 2.05 bits per heavy atom. The number of hydrogen-bond acceptors (Lipinski definition) is 5. The van der Waals surface area contributed by atoms with Gasteiger partial charge in [0.2, 0.25) is 5.88 Å². The third-order valence-corrected chi connectivity index (χ3v) is 2.72. The Morgan fingerprint density at radius 1 is 1.32 bits per heavy atom. The van der Waals surface area contributed by atoms with Gasteiger partial charge < -0.3 is 19.9 Å². The molecular weight excluding hydrogens is 266 g/mol. The van der Waals surface area contributed by atoms with Gasteiger partial charge >= 0.3 is 0 Å². The van der Waals surface area contributed by atoms with Crippen LogP contribution in [-0.2, 0) is 16.5 Å². The van der Waals surface area contributed by atoms with Crippen molar-refractivity contribution in [3.63, 3.8) is 0 Å². The zero-order chi connectivity index (χ0) is 14.3. The van der Waals surface area contributed by atoms with E-state index in [9.17, 15) is 0 Å². The van der Waals surface area contributed by atoms with Crippen molar-refractivity contribution in [1.29, 1.82) is 0 Å². The first-order chi connectivity index (χ1) is 9.07. The molecular formula is C12H21N3O3S. The number of thiocarbonyl (C=S) groups is 1. The number of ether oxygens (including phenoxy) is 3. The van der Waals surface area contributed by atoms with Crippen LogP contribution in [0, 0.1) is 6.92 Å². The maximum atomic E-state index is 5.67. The van der Waals surface area contributed by atoms with Gasteiger partial charge in [-0.15, -0.1) is 0 Å². The molecule has 0 aliphatic rings. The van der Waals surface area contributed by atoms with Crippen molar-refractivity contribution in [2.45, 2.75) is 13.3 Å². The smallest absolute Gasteiger partial charge is 0.222 e. The van der Waals surface area contributed by atoms with E-state index in [1.54, 1.807) is 18.8 Å². The summed E-state index contributed by atoms with van der Waals surface area (Å²) in [6.45, 7) is 4.14. The number of nitrogens with two attached hydrogens (primary N) is 1. The molecule has 0 amide bonds. The van der Waals surface area contributed by atoms with Gasteiger partial charge in [0, 0.05) is 27.4 Å². The highest BCUT2D eigenvalue weighted by Gasteiger charge is 2.16. The molecule has 1 aromatic heterocycles. The molecule has 108 valence electrons. The lowest BCUT2D eigenvalue weighted by atomic mass is 10.2. The standard InChI is InChI=1S/C12H21N3O3S/c1-9-10(11(13)19)12(15(2)14-9)18-8-7-17-6-4-5-16-3/h4-8H2,1-3H3,(H2,13,19). The fourth-order valence-electron chi connectivity index (χ4n) is 1.69. The third-order valence-electron chi connectivity index (χ3n) is 2.52. The lowest BCUT2D eigenvalue weighted by Gasteiger charge is -2.09. The zero-order valence-corrected chi connectivity index (χ0v) is 12.5. The Balaban J connectivity index is 2.39. The van der Waals surface area contributed by atoms with Crippen LogP contribution in [0.3, 0.4) is 0 Å². The van der Waals surface area contributed by atoms with Crippen LogP contribution in [0.4, 0.5) is 0 Å². The molecule has 2 N–H and O–H groups in total. The molecule has 19 heavy (non-hydrogen) atoms. The molecule has 0 aliphatic heterocycles. The van der Waals surface area contributed by atoms with Gasteiger partial charge in [-0.3, -0.25) is 0 Å². The Morgan fingerprint density at radius 3 is 2.68 bits per heavy atom. The largest absolute Gasteiger partial charge is 0.475 e. The Bertz CT molecular complexity index is 421. The molecule has 0 aromatic carbocycles. The molecule has 0 saturated carbocycles. The maximum absolute atomic E-state index is 5.67. The summed E-state index contributed by atoms with van der Waals surface area (Å²) < 4.78 is 17.6. The van der Waals surface area contributed by atoms with Crippen LogP contribution in [0.15, 0.2) is 0 Å². The summed E-state index contributed by atoms with van der Waals surface area (Å²) in [5.74, 6) is 0.588. The van der Waals surface area contributed by atoms with E-state index in [1.807, 2.05) is 6.92 Å². The molecule has 1 aromatic rings. The number of nitrogens with zero attached hydrogens (tertiary/aromatic N) is 2. The number of aromatic nitrogens is 2. The first-order valence-corrected chi connectivity index (χ1v) is 6.51. The minimum atomic E-state index is 0.293. The van der Waals surface area contributed by atoms with E-state index in [2.05, 4.69) is 5.10 Å². The van der Waals surface area contributed by atoms with Crippen molar-refractivity contribution in [2.75, 3.05) is 33.5 Å². The molecule has 1 heterocycles. The fourth-order valence-corrected chi connectivity index (χ4v) is 1.93. The van der Waals surface area contributed by atoms with Crippen molar-refractivity contribution < 1.29 is 14.2 Å². The zero-order valence-electron chi connectivity index (χ0n) is 11.6. The summed E-state index contributed by atoms with van der Waals surface area (Å²) in [7, 11) is 3.47. The average Bonchev–Trinajstić information content (AvgIpc) is 2.63. The van der Waals surface area contributed by atoms with Gasteiger partial charge in [0.1, 0.15) is 11.6 Å². The average molecular weight is 287 g/mol. The summed E-state index contributed by atoms with van der Waals surface area (Å²) >= 11 is 5.00. The van der Waals surface area contributed by atoms with Gasteiger partial charge in [0.15, 0.2) is 0 Å². The molecule has 0 fully saturated rings. The fraction of sp³-hybridized carbons (Fsp3) is 0.667. The van der Waals surface area contributed by atoms with Crippen LogP contribution in [0.1, 0.15) is 17.7 Å². The molecule has 7 heteroatoms. The van der Waals surface area contributed by atoms with Crippen molar-refractivity contribution in [1.82, 2.24) is 9.78 Å². The number of aryl methyl sites for hydroxylation is 2. The predicted octanol–water partition coefficient (Wildman–Crippen LogP) is 0.795. The van der Waals surface area contributed by atoms with Gasteiger partial charge in [0.25, 0.3) is 0 Å². The second kappa shape index (κ2) is 8.08. The minimum Gasteiger partial charge on any atom is -0.475 e. The minimum absolute atomic E-state index is 0.293. The first kappa shape index (κ1) is 15.9. The number of methoxy groups -OCH3 is 1. The third kappa shape index (κ3) is 4.77. The quantitative estimate of drug-likeness (QED) is 0.535. The highest BCUT2D eigenvalue weighted by atomic mass is 32.1. The summed E-state index contributed by atoms with van der Waals surface area (Å²) in [5.41, 5.74) is 7.13. The molecule has 6 nitrogen and oxygen atoms in total. The summed E-state index contributed by atoms with van der Waals surface area (Å²) in [4.78, 5) is 0.293. The molecule has 0 saturated heterocycles. The first-order valence-electron chi connectivity index (χ1n) is 6.10. The second-order valence-electron chi connectivity index (χ2n) is 4.06. The van der Waals surface area contributed by atoms with Gasteiger partial charge in [-0.2, -0.15) is 5.10 Å². The molecule has 0 unspecified atom stereocenters. The van der Waals surface area contributed by atoms with E-state index in [4.69, 9.17) is 32.2 Å². The molecule has 0 radical (unpaired) electrons. The van der Waals surface area contributed by atoms with Gasteiger partial charge in [0.05, 0.1) is 17.9 Å².